The minimum atomic E-state index is -0.909. The van der Waals surface area contributed by atoms with E-state index in [0.717, 1.165) is 29.4 Å². The minimum absolute atomic E-state index is 0.0438. The minimum Gasteiger partial charge on any atom is -0.394 e. The van der Waals surface area contributed by atoms with E-state index in [0.29, 0.717) is 11.8 Å². The molecule has 2 rings (SSSR count). The fraction of sp³-hybridized carbons (Fsp3) is 0.417. The van der Waals surface area contributed by atoms with Crippen LogP contribution in [0.4, 0.5) is 14.5 Å². The maximum Gasteiger partial charge on any atom is 0.251 e. The number of carbonyl (C=O) groups excluding carboxylic acids is 1. The van der Waals surface area contributed by atoms with Crippen molar-refractivity contribution in [3.05, 3.63) is 29.3 Å². The Hall–Kier alpha value is -0.950. The number of carbonyl (C=O) groups is 1. The molecular weight excluding hydrogens is 290 g/mol. The summed E-state index contributed by atoms with van der Waals surface area (Å²) in [5, 5.41) is 3.05. The highest BCUT2D eigenvalue weighted by atomic mass is 32.2. The summed E-state index contributed by atoms with van der Waals surface area (Å²) in [5.41, 5.74) is 4.55. The van der Waals surface area contributed by atoms with Crippen molar-refractivity contribution in [1.29, 1.82) is 0 Å². The van der Waals surface area contributed by atoms with Gasteiger partial charge in [-0.15, -0.1) is 0 Å². The number of anilines is 1. The van der Waals surface area contributed by atoms with Crippen LogP contribution in [0.3, 0.4) is 0 Å². The second-order valence-corrected chi connectivity index (χ2v) is 6.69. The number of halogens is 2. The van der Waals surface area contributed by atoms with E-state index in [1.165, 1.54) is 0 Å². The first-order chi connectivity index (χ1) is 9.08. The van der Waals surface area contributed by atoms with E-state index in [1.807, 2.05) is 11.8 Å². The zero-order valence-corrected chi connectivity index (χ0v) is 11.8. The Morgan fingerprint density at radius 2 is 2.05 bits per heavy atom. The Labute approximate surface area is 118 Å². The van der Waals surface area contributed by atoms with Crippen molar-refractivity contribution in [2.24, 2.45) is 0 Å². The first kappa shape index (κ1) is 14.5. The second kappa shape index (κ2) is 6.47. The van der Waals surface area contributed by atoms with E-state index >= 15 is 0 Å². The fourth-order valence-corrected chi connectivity index (χ4v) is 4.29. The first-order valence-electron chi connectivity index (χ1n) is 5.80. The molecule has 0 radical (unpaired) electrons. The molecule has 3 nitrogen and oxygen atoms in total. The number of nitrogens with one attached hydrogen (secondary N) is 1. The molecule has 0 spiro atoms. The van der Waals surface area contributed by atoms with Crippen LogP contribution in [0.5, 0.6) is 0 Å². The largest absolute Gasteiger partial charge is 0.394 e. The molecule has 19 heavy (non-hydrogen) atoms. The van der Waals surface area contributed by atoms with Gasteiger partial charge in [-0.1, -0.05) is 0 Å². The SMILES string of the molecule is Nc1c(F)cc(C(=O)NCC2CSCCS2)cc1F. The van der Waals surface area contributed by atoms with Gasteiger partial charge in [-0.3, -0.25) is 4.79 Å². The van der Waals surface area contributed by atoms with Crippen molar-refractivity contribution < 1.29 is 13.6 Å². The standard InChI is InChI=1S/C12H14F2N2OS2/c13-9-3-7(4-10(14)11(9)15)12(17)16-5-8-6-18-1-2-19-8/h3-4,8H,1-2,5-6,15H2,(H,16,17). The van der Waals surface area contributed by atoms with E-state index < -0.39 is 23.2 Å². The monoisotopic (exact) mass is 304 g/mol. The van der Waals surface area contributed by atoms with Crippen molar-refractivity contribution in [3.63, 3.8) is 0 Å². The maximum atomic E-state index is 13.2. The molecule has 1 aliphatic rings. The van der Waals surface area contributed by atoms with Crippen LogP contribution in [0, 0.1) is 11.6 Å². The molecule has 1 heterocycles. The van der Waals surface area contributed by atoms with Crippen LogP contribution in [-0.2, 0) is 0 Å². The summed E-state index contributed by atoms with van der Waals surface area (Å²) in [5.74, 6) is 0.879. The molecular formula is C12H14F2N2OS2. The topological polar surface area (TPSA) is 55.1 Å². The average molecular weight is 304 g/mol. The van der Waals surface area contributed by atoms with Crippen molar-refractivity contribution in [2.75, 3.05) is 29.5 Å². The van der Waals surface area contributed by atoms with Gasteiger partial charge in [0.25, 0.3) is 5.91 Å². The lowest BCUT2D eigenvalue weighted by molar-refractivity contribution is 0.0953. The van der Waals surface area contributed by atoms with E-state index in [1.54, 1.807) is 11.8 Å². The molecule has 0 aromatic heterocycles. The number of nitrogens with two attached hydrogens (primary N) is 1. The van der Waals surface area contributed by atoms with Gasteiger partial charge in [0.2, 0.25) is 0 Å². The van der Waals surface area contributed by atoms with E-state index in [2.05, 4.69) is 5.32 Å². The van der Waals surface area contributed by atoms with E-state index in [-0.39, 0.29) is 5.56 Å². The van der Waals surface area contributed by atoms with Crippen LogP contribution >= 0.6 is 23.5 Å². The third kappa shape index (κ3) is 3.76. The average Bonchev–Trinajstić information content (AvgIpc) is 2.42. The molecule has 0 saturated carbocycles. The zero-order valence-electron chi connectivity index (χ0n) is 10.1. The van der Waals surface area contributed by atoms with Gasteiger partial charge >= 0.3 is 0 Å². The van der Waals surface area contributed by atoms with Crippen LogP contribution in [0.15, 0.2) is 12.1 Å². The van der Waals surface area contributed by atoms with Gasteiger partial charge in [0.05, 0.1) is 0 Å². The maximum absolute atomic E-state index is 13.2. The second-order valence-electron chi connectivity index (χ2n) is 4.13. The van der Waals surface area contributed by atoms with Crippen molar-refractivity contribution in [2.45, 2.75) is 5.25 Å². The number of thioether (sulfide) groups is 2. The summed E-state index contributed by atoms with van der Waals surface area (Å²) in [7, 11) is 0. The van der Waals surface area contributed by atoms with Gasteiger partial charge < -0.3 is 11.1 Å². The number of benzene rings is 1. The molecule has 7 heteroatoms. The highest BCUT2D eigenvalue weighted by Gasteiger charge is 2.17. The summed E-state index contributed by atoms with van der Waals surface area (Å²) in [6.45, 7) is 0.504. The summed E-state index contributed by atoms with van der Waals surface area (Å²) < 4.78 is 26.5. The highest BCUT2D eigenvalue weighted by molar-refractivity contribution is 8.06. The third-order valence-electron chi connectivity index (χ3n) is 2.72. The normalized spacial score (nSPS) is 19.2. The van der Waals surface area contributed by atoms with Crippen LogP contribution in [-0.4, -0.2) is 35.0 Å². The zero-order chi connectivity index (χ0) is 13.8. The summed E-state index contributed by atoms with van der Waals surface area (Å²) >= 11 is 3.65. The van der Waals surface area contributed by atoms with Crippen molar-refractivity contribution in [1.82, 2.24) is 5.32 Å². The molecule has 1 amide bonds. The van der Waals surface area contributed by atoms with E-state index in [9.17, 15) is 13.6 Å². The van der Waals surface area contributed by atoms with Crippen LogP contribution in [0.25, 0.3) is 0 Å². The lowest BCUT2D eigenvalue weighted by atomic mass is 10.1. The molecule has 1 aromatic carbocycles. The van der Waals surface area contributed by atoms with Crippen LogP contribution in [0.1, 0.15) is 10.4 Å². The fourth-order valence-electron chi connectivity index (χ4n) is 1.68. The molecule has 1 unspecified atom stereocenters. The Morgan fingerprint density at radius 3 is 2.63 bits per heavy atom. The van der Waals surface area contributed by atoms with Gasteiger partial charge in [-0.05, 0) is 12.1 Å². The molecule has 1 aromatic rings. The Morgan fingerprint density at radius 1 is 1.37 bits per heavy atom. The lowest BCUT2D eigenvalue weighted by Gasteiger charge is -2.21. The quantitative estimate of drug-likeness (QED) is 0.840. The molecule has 1 aliphatic heterocycles. The summed E-state index contributed by atoms with van der Waals surface area (Å²) in [6, 6.07) is 1.91. The number of amides is 1. The van der Waals surface area contributed by atoms with Crippen molar-refractivity contribution in [3.8, 4) is 0 Å². The predicted molar refractivity (Wildman–Crippen MR) is 76.7 cm³/mol. The number of rotatable bonds is 3. The van der Waals surface area contributed by atoms with Crippen molar-refractivity contribution >= 4 is 35.1 Å². The van der Waals surface area contributed by atoms with Crippen LogP contribution in [0.2, 0.25) is 0 Å². The first-order valence-corrected chi connectivity index (χ1v) is 8.00. The molecule has 3 N–H and O–H groups in total. The van der Waals surface area contributed by atoms with Gasteiger partial charge in [0.1, 0.15) is 17.3 Å². The van der Waals surface area contributed by atoms with Crippen LogP contribution < -0.4 is 11.1 Å². The Balaban J connectivity index is 1.96. The van der Waals surface area contributed by atoms with Gasteiger partial charge in [-0.25, -0.2) is 8.78 Å². The molecule has 1 atom stereocenters. The number of hydrogen-bond acceptors (Lipinski definition) is 4. The number of nitrogen functional groups attached to an aromatic ring is 1. The van der Waals surface area contributed by atoms with E-state index in [4.69, 9.17) is 5.73 Å². The highest BCUT2D eigenvalue weighted by Crippen LogP contribution is 2.23. The van der Waals surface area contributed by atoms with Gasteiger partial charge in [0, 0.05) is 34.6 Å². The summed E-state index contributed by atoms with van der Waals surface area (Å²) in [4.78, 5) is 11.8. The molecule has 104 valence electrons. The Kier molecular flexibility index (Phi) is 4.93. The molecule has 1 saturated heterocycles. The summed E-state index contributed by atoms with van der Waals surface area (Å²) in [6.07, 6.45) is 0. The smallest absolute Gasteiger partial charge is 0.251 e. The molecule has 1 fully saturated rings. The lowest BCUT2D eigenvalue weighted by Crippen LogP contribution is -2.33. The number of hydrogen-bond donors (Lipinski definition) is 2. The molecule has 0 aliphatic carbocycles. The van der Waals surface area contributed by atoms with Gasteiger partial charge in [0.15, 0.2) is 0 Å². The van der Waals surface area contributed by atoms with Gasteiger partial charge in [-0.2, -0.15) is 23.5 Å². The third-order valence-corrected chi connectivity index (χ3v) is 5.56. The molecule has 0 bridgehead atoms. The predicted octanol–water partition coefficient (Wildman–Crippen LogP) is 2.13. The Bertz CT molecular complexity index is 456.